The molecular weight excluding hydrogens is 356 g/mol. The molecule has 2 aliphatic carbocycles. The van der Waals surface area contributed by atoms with Gasteiger partial charge in [-0.15, -0.1) is 0 Å². The quantitative estimate of drug-likeness (QED) is 0.802. The van der Waals surface area contributed by atoms with Crippen LogP contribution in [0.2, 0.25) is 0 Å². The summed E-state index contributed by atoms with van der Waals surface area (Å²) in [6.45, 7) is 0.140. The van der Waals surface area contributed by atoms with Gasteiger partial charge in [-0.3, -0.25) is 0 Å². The Balaban J connectivity index is 1.50. The number of rotatable bonds is 5. The van der Waals surface area contributed by atoms with Gasteiger partial charge < -0.3 is 14.6 Å². The summed E-state index contributed by atoms with van der Waals surface area (Å²) in [5.74, 6) is -0.675. The summed E-state index contributed by atoms with van der Waals surface area (Å²) in [6.07, 6.45) is 1.89. The van der Waals surface area contributed by atoms with Gasteiger partial charge in [0.15, 0.2) is 0 Å². The number of benzene rings is 2. The van der Waals surface area contributed by atoms with Gasteiger partial charge in [0.2, 0.25) is 0 Å². The molecule has 2 saturated carbocycles. The maximum atomic E-state index is 12.6. The van der Waals surface area contributed by atoms with Gasteiger partial charge in [-0.25, -0.2) is 9.59 Å². The first-order valence-corrected chi connectivity index (χ1v) is 9.74. The van der Waals surface area contributed by atoms with E-state index in [2.05, 4.69) is 0 Å². The van der Waals surface area contributed by atoms with Gasteiger partial charge in [0.05, 0.1) is 17.2 Å². The fourth-order valence-corrected chi connectivity index (χ4v) is 4.69. The molecule has 0 aromatic heterocycles. The molecule has 2 aliphatic rings. The van der Waals surface area contributed by atoms with E-state index in [4.69, 9.17) is 9.47 Å². The lowest BCUT2D eigenvalue weighted by Crippen LogP contribution is -2.48. The maximum absolute atomic E-state index is 12.6. The largest absolute Gasteiger partial charge is 0.461 e. The van der Waals surface area contributed by atoms with Crippen molar-refractivity contribution in [3.63, 3.8) is 0 Å². The number of hydrogen-bond donors (Lipinski definition) is 1. The zero-order chi connectivity index (χ0) is 19.6. The van der Waals surface area contributed by atoms with Crippen LogP contribution in [0.4, 0.5) is 0 Å². The number of fused-ring (bicyclic) bond motifs is 2. The third-order valence-electron chi connectivity index (χ3n) is 6.01. The van der Waals surface area contributed by atoms with Crippen molar-refractivity contribution in [2.75, 3.05) is 6.61 Å². The minimum Gasteiger partial charge on any atom is -0.461 e. The van der Waals surface area contributed by atoms with E-state index in [1.807, 2.05) is 12.1 Å². The second kappa shape index (κ2) is 7.76. The van der Waals surface area contributed by atoms with Crippen LogP contribution >= 0.6 is 0 Å². The number of carbonyl (C=O) groups excluding carboxylic acids is 2. The Morgan fingerprint density at radius 3 is 2.21 bits per heavy atom. The highest BCUT2D eigenvalue weighted by atomic mass is 16.6. The Labute approximate surface area is 164 Å². The highest BCUT2D eigenvalue weighted by molar-refractivity contribution is 5.90. The second-order valence-electron chi connectivity index (χ2n) is 7.89. The molecule has 0 spiro atoms. The molecular formula is C23H24O5. The topological polar surface area (TPSA) is 72.8 Å². The molecule has 5 nitrogen and oxygen atoms in total. The fourth-order valence-electron chi connectivity index (χ4n) is 4.69. The molecule has 2 bridgehead atoms. The number of aliphatic hydroxyl groups excluding tert-OH is 1. The molecule has 0 aliphatic heterocycles. The average molecular weight is 380 g/mol. The molecule has 5 heteroatoms. The smallest absolute Gasteiger partial charge is 0.338 e. The Bertz CT molecular complexity index is 835. The van der Waals surface area contributed by atoms with Crippen molar-refractivity contribution in [1.82, 2.24) is 0 Å². The molecule has 0 heterocycles. The van der Waals surface area contributed by atoms with Gasteiger partial charge in [0.1, 0.15) is 12.7 Å². The van der Waals surface area contributed by atoms with Crippen molar-refractivity contribution in [2.24, 2.45) is 11.3 Å². The Morgan fingerprint density at radius 1 is 0.964 bits per heavy atom. The molecule has 4 atom stereocenters. The van der Waals surface area contributed by atoms with Gasteiger partial charge in [-0.05, 0) is 55.9 Å². The molecule has 0 amide bonds. The van der Waals surface area contributed by atoms with Crippen LogP contribution < -0.4 is 0 Å². The van der Waals surface area contributed by atoms with E-state index in [1.54, 1.807) is 48.5 Å². The lowest BCUT2D eigenvalue weighted by Gasteiger charge is -2.41. The summed E-state index contributed by atoms with van der Waals surface area (Å²) in [5.41, 5.74) is 0.462. The predicted molar refractivity (Wildman–Crippen MR) is 103 cm³/mol. The average Bonchev–Trinajstić information content (AvgIpc) is 2.93. The summed E-state index contributed by atoms with van der Waals surface area (Å²) >= 11 is 0. The third kappa shape index (κ3) is 3.67. The fraction of sp³-hybridized carbons (Fsp3) is 0.391. The standard InChI is InChI=1S/C23H24O5/c24-19-13-18-11-12-23(14-19,15-27-21(25)16-7-3-1-4-8-16)20(18)28-22(26)17-9-5-2-6-10-17/h1-10,18-20,24H,11-15H2. The van der Waals surface area contributed by atoms with Crippen LogP contribution in [0.5, 0.6) is 0 Å². The third-order valence-corrected chi connectivity index (χ3v) is 6.01. The van der Waals surface area contributed by atoms with Crippen molar-refractivity contribution in [1.29, 1.82) is 0 Å². The molecule has 4 unspecified atom stereocenters. The van der Waals surface area contributed by atoms with Gasteiger partial charge in [-0.2, -0.15) is 0 Å². The number of ether oxygens (including phenoxy) is 2. The molecule has 4 rings (SSSR count). The highest BCUT2D eigenvalue weighted by Crippen LogP contribution is 2.53. The maximum Gasteiger partial charge on any atom is 0.338 e. The summed E-state index contributed by atoms with van der Waals surface area (Å²) < 4.78 is 11.5. The lowest BCUT2D eigenvalue weighted by molar-refractivity contribution is -0.0941. The van der Waals surface area contributed by atoms with Gasteiger partial charge in [0.25, 0.3) is 0 Å². The minimum atomic E-state index is -0.531. The summed E-state index contributed by atoms with van der Waals surface area (Å²) in [6, 6.07) is 17.7. The van der Waals surface area contributed by atoms with E-state index in [0.717, 1.165) is 12.8 Å². The van der Waals surface area contributed by atoms with Crippen LogP contribution in [0.25, 0.3) is 0 Å². The van der Waals surface area contributed by atoms with Crippen molar-refractivity contribution < 1.29 is 24.2 Å². The zero-order valence-corrected chi connectivity index (χ0v) is 15.6. The molecule has 2 aromatic carbocycles. The normalized spacial score (nSPS) is 28.5. The van der Waals surface area contributed by atoms with E-state index in [1.165, 1.54) is 0 Å². The number of carbonyl (C=O) groups is 2. The van der Waals surface area contributed by atoms with E-state index in [0.29, 0.717) is 24.0 Å². The van der Waals surface area contributed by atoms with Crippen LogP contribution in [0.3, 0.4) is 0 Å². The monoisotopic (exact) mass is 380 g/mol. The molecule has 2 fully saturated rings. The zero-order valence-electron chi connectivity index (χ0n) is 15.6. The first kappa shape index (κ1) is 18.7. The number of esters is 2. The predicted octanol–water partition coefficient (Wildman–Crippen LogP) is 3.62. The summed E-state index contributed by atoms with van der Waals surface area (Å²) in [5, 5.41) is 10.3. The van der Waals surface area contributed by atoms with Crippen LogP contribution in [0.1, 0.15) is 46.4 Å². The van der Waals surface area contributed by atoms with Crippen LogP contribution in [0.15, 0.2) is 60.7 Å². The van der Waals surface area contributed by atoms with E-state index < -0.39 is 17.5 Å². The molecule has 146 valence electrons. The molecule has 0 saturated heterocycles. The summed E-state index contributed by atoms with van der Waals surface area (Å²) in [4.78, 5) is 25.0. The van der Waals surface area contributed by atoms with E-state index >= 15 is 0 Å². The lowest BCUT2D eigenvalue weighted by atomic mass is 9.72. The Hall–Kier alpha value is -2.66. The van der Waals surface area contributed by atoms with Gasteiger partial charge >= 0.3 is 11.9 Å². The SMILES string of the molecule is O=C(OCC12CCC(CC(O)C1)C2OC(=O)c1ccccc1)c1ccccc1. The first-order valence-electron chi connectivity index (χ1n) is 9.74. The van der Waals surface area contributed by atoms with Gasteiger partial charge in [0, 0.05) is 5.41 Å². The van der Waals surface area contributed by atoms with E-state index in [-0.39, 0.29) is 24.6 Å². The van der Waals surface area contributed by atoms with Crippen molar-refractivity contribution in [3.8, 4) is 0 Å². The molecule has 0 radical (unpaired) electrons. The van der Waals surface area contributed by atoms with E-state index in [9.17, 15) is 14.7 Å². The van der Waals surface area contributed by atoms with Crippen LogP contribution in [-0.4, -0.2) is 35.9 Å². The van der Waals surface area contributed by atoms with Gasteiger partial charge in [-0.1, -0.05) is 36.4 Å². The van der Waals surface area contributed by atoms with Crippen molar-refractivity contribution in [3.05, 3.63) is 71.8 Å². The van der Waals surface area contributed by atoms with Crippen molar-refractivity contribution >= 4 is 11.9 Å². The number of hydrogen-bond acceptors (Lipinski definition) is 5. The molecule has 28 heavy (non-hydrogen) atoms. The Kier molecular flexibility index (Phi) is 5.18. The second-order valence-corrected chi connectivity index (χ2v) is 7.89. The number of aliphatic hydroxyl groups is 1. The first-order chi connectivity index (χ1) is 13.6. The van der Waals surface area contributed by atoms with Crippen LogP contribution in [0, 0.1) is 11.3 Å². The molecule has 2 aromatic rings. The summed E-state index contributed by atoms with van der Waals surface area (Å²) in [7, 11) is 0. The highest BCUT2D eigenvalue weighted by Gasteiger charge is 2.56. The van der Waals surface area contributed by atoms with Crippen LogP contribution in [-0.2, 0) is 9.47 Å². The minimum absolute atomic E-state index is 0.0897. The Morgan fingerprint density at radius 2 is 1.57 bits per heavy atom. The molecule has 1 N–H and O–H groups in total. The van der Waals surface area contributed by atoms with Crippen molar-refractivity contribution in [2.45, 2.75) is 37.9 Å².